The van der Waals surface area contributed by atoms with Gasteiger partial charge in [0.1, 0.15) is 23.3 Å². The van der Waals surface area contributed by atoms with E-state index in [0.29, 0.717) is 30.4 Å². The van der Waals surface area contributed by atoms with Gasteiger partial charge in [-0.15, -0.1) is 0 Å². The van der Waals surface area contributed by atoms with E-state index in [2.05, 4.69) is 0 Å². The maximum absolute atomic E-state index is 5.88. The van der Waals surface area contributed by atoms with Gasteiger partial charge in [0, 0.05) is 6.61 Å². The Bertz CT molecular complexity index is 328. The third-order valence-corrected chi connectivity index (χ3v) is 2.13. The molecule has 0 heterocycles. The van der Waals surface area contributed by atoms with E-state index in [0.717, 1.165) is 0 Å². The maximum Gasteiger partial charge on any atom is 0.146 e. The summed E-state index contributed by atoms with van der Waals surface area (Å²) in [5.41, 5.74) is 6.40. The summed E-state index contributed by atoms with van der Waals surface area (Å²) in [5, 5.41) is 0. The Morgan fingerprint density at radius 1 is 1.31 bits per heavy atom. The zero-order valence-corrected chi connectivity index (χ0v) is 10.0. The van der Waals surface area contributed by atoms with Gasteiger partial charge in [0.25, 0.3) is 0 Å². The largest absolute Gasteiger partial charge is 0.494 e. The lowest BCUT2D eigenvalue weighted by atomic mass is 10.2. The Hall–Kier alpha value is -1.42. The van der Waals surface area contributed by atoms with Crippen molar-refractivity contribution in [1.82, 2.24) is 0 Å². The Morgan fingerprint density at radius 2 is 2.00 bits per heavy atom. The highest BCUT2D eigenvalue weighted by Crippen LogP contribution is 2.31. The van der Waals surface area contributed by atoms with Crippen molar-refractivity contribution in [2.24, 2.45) is 0 Å². The molecule has 16 heavy (non-hydrogen) atoms. The molecule has 1 atom stereocenters. The van der Waals surface area contributed by atoms with Crippen LogP contribution in [0.1, 0.15) is 13.8 Å². The lowest BCUT2D eigenvalue weighted by molar-refractivity contribution is 0.0660. The molecule has 0 saturated carbocycles. The lowest BCUT2D eigenvalue weighted by Crippen LogP contribution is -2.19. The molecule has 4 nitrogen and oxygen atoms in total. The average molecular weight is 225 g/mol. The van der Waals surface area contributed by atoms with E-state index in [1.165, 1.54) is 0 Å². The summed E-state index contributed by atoms with van der Waals surface area (Å²) >= 11 is 0. The first kappa shape index (κ1) is 12.6. The van der Waals surface area contributed by atoms with E-state index in [9.17, 15) is 0 Å². The fraction of sp³-hybridized carbons (Fsp3) is 0.500. The minimum Gasteiger partial charge on any atom is -0.494 e. The van der Waals surface area contributed by atoms with Crippen LogP contribution in [-0.4, -0.2) is 26.4 Å². The van der Waals surface area contributed by atoms with E-state index in [4.69, 9.17) is 19.9 Å². The smallest absolute Gasteiger partial charge is 0.146 e. The molecule has 1 aromatic carbocycles. The number of ether oxygens (including phenoxy) is 3. The van der Waals surface area contributed by atoms with Gasteiger partial charge in [-0.1, -0.05) is 6.07 Å². The summed E-state index contributed by atoms with van der Waals surface area (Å²) in [6.07, 6.45) is -0.0330. The summed E-state index contributed by atoms with van der Waals surface area (Å²) in [6.45, 7) is 5.12. The van der Waals surface area contributed by atoms with Crippen LogP contribution in [0.15, 0.2) is 18.2 Å². The van der Waals surface area contributed by atoms with Gasteiger partial charge >= 0.3 is 0 Å². The van der Waals surface area contributed by atoms with E-state index >= 15 is 0 Å². The van der Waals surface area contributed by atoms with Gasteiger partial charge < -0.3 is 19.9 Å². The quantitative estimate of drug-likeness (QED) is 0.753. The molecule has 0 amide bonds. The molecule has 0 saturated heterocycles. The number of hydrogen-bond donors (Lipinski definition) is 1. The topological polar surface area (TPSA) is 53.7 Å². The van der Waals surface area contributed by atoms with Crippen LogP contribution in [0.3, 0.4) is 0 Å². The van der Waals surface area contributed by atoms with Gasteiger partial charge in [-0.2, -0.15) is 0 Å². The normalized spacial score (nSPS) is 12.2. The SMILES string of the molecule is CCOCC(C)Oc1cccc(OC)c1N. The van der Waals surface area contributed by atoms with Crippen LogP contribution >= 0.6 is 0 Å². The minimum atomic E-state index is -0.0330. The van der Waals surface area contributed by atoms with Crippen LogP contribution < -0.4 is 15.2 Å². The second-order valence-corrected chi connectivity index (χ2v) is 3.46. The highest BCUT2D eigenvalue weighted by atomic mass is 16.5. The zero-order valence-electron chi connectivity index (χ0n) is 10.0. The molecule has 1 rings (SSSR count). The molecular formula is C12H19NO3. The molecule has 1 aromatic rings. The van der Waals surface area contributed by atoms with Crippen molar-refractivity contribution in [3.05, 3.63) is 18.2 Å². The summed E-state index contributed by atoms with van der Waals surface area (Å²) in [5.74, 6) is 1.26. The van der Waals surface area contributed by atoms with Gasteiger partial charge in [0.2, 0.25) is 0 Å². The first-order chi connectivity index (χ1) is 7.69. The van der Waals surface area contributed by atoms with Crippen molar-refractivity contribution in [2.75, 3.05) is 26.1 Å². The molecule has 1 unspecified atom stereocenters. The second kappa shape index (κ2) is 6.23. The van der Waals surface area contributed by atoms with Crippen LogP contribution in [-0.2, 0) is 4.74 Å². The van der Waals surface area contributed by atoms with Crippen LogP contribution in [0.5, 0.6) is 11.5 Å². The fourth-order valence-corrected chi connectivity index (χ4v) is 1.34. The van der Waals surface area contributed by atoms with Gasteiger partial charge in [0.05, 0.1) is 13.7 Å². The number of para-hydroxylation sites is 1. The van der Waals surface area contributed by atoms with Crippen molar-refractivity contribution >= 4 is 5.69 Å². The van der Waals surface area contributed by atoms with Crippen LogP contribution in [0.25, 0.3) is 0 Å². The van der Waals surface area contributed by atoms with Gasteiger partial charge in [0.15, 0.2) is 0 Å². The van der Waals surface area contributed by atoms with Crippen molar-refractivity contribution in [2.45, 2.75) is 20.0 Å². The third-order valence-electron chi connectivity index (χ3n) is 2.13. The Kier molecular flexibility index (Phi) is 4.92. The monoisotopic (exact) mass is 225 g/mol. The summed E-state index contributed by atoms with van der Waals surface area (Å²) < 4.78 is 16.0. The maximum atomic E-state index is 5.88. The first-order valence-electron chi connectivity index (χ1n) is 5.35. The van der Waals surface area contributed by atoms with E-state index < -0.39 is 0 Å². The zero-order chi connectivity index (χ0) is 12.0. The second-order valence-electron chi connectivity index (χ2n) is 3.46. The van der Waals surface area contributed by atoms with E-state index in [1.54, 1.807) is 13.2 Å². The lowest BCUT2D eigenvalue weighted by Gasteiger charge is -2.17. The van der Waals surface area contributed by atoms with Gasteiger partial charge in [-0.3, -0.25) is 0 Å². The van der Waals surface area contributed by atoms with Crippen LogP contribution in [0, 0.1) is 0 Å². The van der Waals surface area contributed by atoms with Crippen LogP contribution in [0.2, 0.25) is 0 Å². The molecule has 0 aromatic heterocycles. The molecule has 0 aliphatic carbocycles. The van der Waals surface area contributed by atoms with E-state index in [-0.39, 0.29) is 6.10 Å². The van der Waals surface area contributed by atoms with Crippen molar-refractivity contribution in [1.29, 1.82) is 0 Å². The van der Waals surface area contributed by atoms with Gasteiger partial charge in [-0.25, -0.2) is 0 Å². The summed E-state index contributed by atoms with van der Waals surface area (Å²) in [6, 6.07) is 5.47. The average Bonchev–Trinajstić information content (AvgIpc) is 2.29. The molecule has 0 bridgehead atoms. The molecule has 90 valence electrons. The molecule has 0 spiro atoms. The number of methoxy groups -OCH3 is 1. The molecular weight excluding hydrogens is 206 g/mol. The summed E-state index contributed by atoms with van der Waals surface area (Å²) in [7, 11) is 1.58. The van der Waals surface area contributed by atoms with E-state index in [1.807, 2.05) is 26.0 Å². The third kappa shape index (κ3) is 3.31. The highest BCUT2D eigenvalue weighted by Gasteiger charge is 2.09. The molecule has 0 radical (unpaired) electrons. The van der Waals surface area contributed by atoms with Crippen molar-refractivity contribution < 1.29 is 14.2 Å². The number of benzene rings is 1. The Labute approximate surface area is 96.3 Å². The van der Waals surface area contributed by atoms with Crippen molar-refractivity contribution in [3.8, 4) is 11.5 Å². The highest BCUT2D eigenvalue weighted by molar-refractivity contribution is 5.62. The minimum absolute atomic E-state index is 0.0330. The van der Waals surface area contributed by atoms with Crippen molar-refractivity contribution in [3.63, 3.8) is 0 Å². The number of hydrogen-bond acceptors (Lipinski definition) is 4. The summed E-state index contributed by atoms with van der Waals surface area (Å²) in [4.78, 5) is 0. The van der Waals surface area contributed by atoms with Crippen LogP contribution in [0.4, 0.5) is 5.69 Å². The number of anilines is 1. The predicted molar refractivity (Wildman–Crippen MR) is 64.0 cm³/mol. The predicted octanol–water partition coefficient (Wildman–Crippen LogP) is 2.08. The number of nitrogens with two attached hydrogens (primary N) is 1. The molecule has 0 aliphatic rings. The Morgan fingerprint density at radius 3 is 2.62 bits per heavy atom. The molecule has 0 aliphatic heterocycles. The Balaban J connectivity index is 2.66. The standard InChI is InChI=1S/C12H19NO3/c1-4-15-8-9(2)16-11-7-5-6-10(14-3)12(11)13/h5-7,9H,4,8,13H2,1-3H3. The molecule has 2 N–H and O–H groups in total. The molecule has 0 fully saturated rings. The van der Waals surface area contributed by atoms with Gasteiger partial charge in [-0.05, 0) is 26.0 Å². The molecule has 4 heteroatoms. The number of rotatable bonds is 6. The number of nitrogen functional groups attached to an aromatic ring is 1. The first-order valence-corrected chi connectivity index (χ1v) is 5.35. The fourth-order valence-electron chi connectivity index (χ4n) is 1.34.